The lowest BCUT2D eigenvalue weighted by atomic mass is 10.1. The average Bonchev–Trinajstić information content (AvgIpc) is 3.63. The highest BCUT2D eigenvalue weighted by atomic mass is 32.3. The Kier molecular flexibility index (Phi) is 10.3. The van der Waals surface area contributed by atoms with Crippen molar-refractivity contribution in [3.8, 4) is 51.5 Å². The zero-order valence-electron chi connectivity index (χ0n) is 28.8. The summed E-state index contributed by atoms with van der Waals surface area (Å²) in [5.74, 6) is -2.90. The van der Waals surface area contributed by atoms with Gasteiger partial charge in [-0.3, -0.25) is 23.3 Å². The molecule has 23 heteroatoms. The molecule has 21 nitrogen and oxygen atoms in total. The summed E-state index contributed by atoms with van der Waals surface area (Å²) in [6.07, 6.45) is 1.42. The molecule has 0 spiro atoms. The van der Waals surface area contributed by atoms with Gasteiger partial charge in [0.15, 0.2) is 23.0 Å². The molecule has 3 N–H and O–H groups in total. The first-order valence-electron chi connectivity index (χ1n) is 15.9. The van der Waals surface area contributed by atoms with Crippen LogP contribution >= 0.6 is 0 Å². The molecule has 4 aromatic carbocycles. The molecule has 0 bridgehead atoms. The van der Waals surface area contributed by atoms with Crippen LogP contribution in [0, 0.1) is 0 Å². The maximum absolute atomic E-state index is 13.7. The van der Waals surface area contributed by atoms with Gasteiger partial charge < -0.3 is 27.1 Å². The van der Waals surface area contributed by atoms with Crippen molar-refractivity contribution in [3.63, 3.8) is 0 Å². The topological polar surface area (TPSA) is 280 Å². The Morgan fingerprint density at radius 1 is 0.825 bits per heavy atom. The Morgan fingerprint density at radius 2 is 1.56 bits per heavy atom. The molecule has 7 aromatic rings. The number of hydrogen-bond acceptors (Lipinski definition) is 17. The number of ether oxygens (including phenoxy) is 2. The monoisotopic (exact) mass is 823 g/mol. The summed E-state index contributed by atoms with van der Waals surface area (Å²) in [7, 11) is -9.36. The number of fused-ring (bicyclic) bond motifs is 2. The maximum Gasteiger partial charge on any atom is 0.446 e. The molecule has 294 valence electrons. The highest BCUT2D eigenvalue weighted by molar-refractivity contribution is 7.81. The molecule has 3 aromatic heterocycles. The molecule has 0 atom stereocenters. The fourth-order valence-electron chi connectivity index (χ4n) is 5.69. The molecule has 0 aliphatic carbocycles. The number of rotatable bonds is 14. The predicted octanol–water partition coefficient (Wildman–Crippen LogP) is 3.67. The van der Waals surface area contributed by atoms with Crippen LogP contribution in [0.5, 0.6) is 28.7 Å². The van der Waals surface area contributed by atoms with Crippen molar-refractivity contribution in [2.24, 2.45) is 0 Å². The molecule has 0 radical (unpaired) electrons. The van der Waals surface area contributed by atoms with Crippen molar-refractivity contribution in [2.45, 2.75) is 13.3 Å². The molecular formula is C34H25N5O16S2. The van der Waals surface area contributed by atoms with Crippen molar-refractivity contribution < 1.29 is 63.4 Å². The molecule has 0 unspecified atom stereocenters. The second-order valence-corrected chi connectivity index (χ2v) is 13.7. The van der Waals surface area contributed by atoms with Crippen LogP contribution in [0.1, 0.15) is 5.69 Å². The molecule has 7 rings (SSSR count). The molecule has 0 aliphatic heterocycles. The Labute approximate surface area is 319 Å². The minimum atomic E-state index is -5.37. The Balaban J connectivity index is 1.26. The first-order valence-corrected chi connectivity index (χ1v) is 18.7. The van der Waals surface area contributed by atoms with Crippen LogP contribution in [0.15, 0.2) is 105 Å². The standard InChI is InChI=1S/C34H25N5O16S2/c1-49-27-14-22(52-55-42)15-28-29(27)30(40)32(54-57(46,47)48)31(51-28)20-11-12-25(53-56(43,44)45)26(13-20)50-17-21-16-38(37-36-21)18-39-33(19-7-3-2-4-8-19)35-24-10-6-5-9-23(24)34(39)41/h2-16,42H,17-18H2,1H3,(H,43,44,45)(H,46,47,48). The summed E-state index contributed by atoms with van der Waals surface area (Å²) < 4.78 is 95.0. The third-order valence-electron chi connectivity index (χ3n) is 7.98. The van der Waals surface area contributed by atoms with Gasteiger partial charge in [-0.05, 0) is 35.4 Å². The summed E-state index contributed by atoms with van der Waals surface area (Å²) in [6, 6.07) is 21.0. The number of para-hydroxylation sites is 1. The van der Waals surface area contributed by atoms with E-state index in [0.717, 1.165) is 37.4 Å². The second kappa shape index (κ2) is 15.3. The van der Waals surface area contributed by atoms with E-state index in [1.807, 2.05) is 6.07 Å². The van der Waals surface area contributed by atoms with E-state index >= 15 is 0 Å². The van der Waals surface area contributed by atoms with Gasteiger partial charge in [-0.2, -0.15) is 16.8 Å². The third-order valence-corrected chi connectivity index (χ3v) is 8.74. The highest BCUT2D eigenvalue weighted by Gasteiger charge is 2.27. The summed E-state index contributed by atoms with van der Waals surface area (Å²) in [6.45, 7) is -0.586. The second-order valence-electron chi connectivity index (χ2n) is 11.7. The lowest BCUT2D eigenvalue weighted by Crippen LogP contribution is -2.27. The van der Waals surface area contributed by atoms with Crippen LogP contribution in [0.4, 0.5) is 0 Å². The van der Waals surface area contributed by atoms with E-state index in [9.17, 15) is 35.5 Å². The van der Waals surface area contributed by atoms with E-state index in [-0.39, 0.29) is 40.6 Å². The summed E-state index contributed by atoms with van der Waals surface area (Å²) in [5.41, 5.74) is -0.796. The van der Waals surface area contributed by atoms with Crippen LogP contribution in [0.25, 0.3) is 44.6 Å². The summed E-state index contributed by atoms with van der Waals surface area (Å²) >= 11 is 0. The zero-order chi connectivity index (χ0) is 40.5. The van der Waals surface area contributed by atoms with Crippen molar-refractivity contribution in [2.75, 3.05) is 7.11 Å². The number of methoxy groups -OCH3 is 1. The van der Waals surface area contributed by atoms with Crippen LogP contribution in [-0.2, 0) is 39.1 Å². The van der Waals surface area contributed by atoms with Crippen molar-refractivity contribution >= 4 is 42.7 Å². The Bertz CT molecular complexity index is 3010. The van der Waals surface area contributed by atoms with E-state index in [4.69, 9.17) is 24.1 Å². The molecule has 0 saturated carbocycles. The molecule has 0 aliphatic rings. The lowest BCUT2D eigenvalue weighted by Gasteiger charge is -2.14. The number of benzene rings is 4. The van der Waals surface area contributed by atoms with Crippen LogP contribution in [0.3, 0.4) is 0 Å². The predicted molar refractivity (Wildman–Crippen MR) is 194 cm³/mol. The van der Waals surface area contributed by atoms with Crippen LogP contribution in [-0.4, -0.2) is 62.9 Å². The average molecular weight is 824 g/mol. The SMILES string of the molecule is COc1cc(OOO)cc2oc(-c3ccc(OS(=O)(=O)O)c(OCc4cn(Cn5c(-c6ccccc6)nc6ccccc6c5=O)nn4)c3)c(OS(=O)(=O)O)c(=O)c12. The van der Waals surface area contributed by atoms with Crippen molar-refractivity contribution in [1.82, 2.24) is 24.5 Å². The largest absolute Gasteiger partial charge is 0.496 e. The van der Waals surface area contributed by atoms with Gasteiger partial charge in [-0.15, -0.1) is 5.10 Å². The minimum Gasteiger partial charge on any atom is -0.496 e. The zero-order valence-corrected chi connectivity index (χ0v) is 30.4. The fraction of sp³-hybridized carbons (Fsp3) is 0.0882. The summed E-state index contributed by atoms with van der Waals surface area (Å²) in [5, 5.41) is 20.6. The van der Waals surface area contributed by atoms with Crippen LogP contribution < -0.4 is 33.7 Å². The van der Waals surface area contributed by atoms with E-state index < -0.39 is 61.2 Å². The van der Waals surface area contributed by atoms with Gasteiger partial charge in [0, 0.05) is 23.3 Å². The first-order chi connectivity index (χ1) is 27.2. The number of nitrogens with zero attached hydrogens (tertiary/aromatic N) is 5. The quantitative estimate of drug-likeness (QED) is 0.0801. The normalized spacial score (nSPS) is 11.8. The van der Waals surface area contributed by atoms with E-state index in [1.165, 1.54) is 15.4 Å². The van der Waals surface area contributed by atoms with E-state index in [1.54, 1.807) is 48.5 Å². The number of hydrogen-bond donors (Lipinski definition) is 3. The lowest BCUT2D eigenvalue weighted by molar-refractivity contribution is -0.438. The van der Waals surface area contributed by atoms with Crippen LogP contribution in [0.2, 0.25) is 0 Å². The molecular weight excluding hydrogens is 799 g/mol. The maximum atomic E-state index is 13.7. The highest BCUT2D eigenvalue weighted by Crippen LogP contribution is 2.40. The van der Waals surface area contributed by atoms with Gasteiger partial charge in [0.2, 0.25) is 11.2 Å². The third kappa shape index (κ3) is 8.37. The molecule has 0 fully saturated rings. The van der Waals surface area contributed by atoms with Gasteiger partial charge >= 0.3 is 20.8 Å². The molecule has 0 saturated heterocycles. The van der Waals surface area contributed by atoms with Gasteiger partial charge in [-0.25, -0.2) is 14.9 Å². The summed E-state index contributed by atoms with van der Waals surface area (Å²) in [4.78, 5) is 36.6. The van der Waals surface area contributed by atoms with Gasteiger partial charge in [0.25, 0.3) is 5.56 Å². The van der Waals surface area contributed by atoms with Crippen molar-refractivity contribution in [1.29, 1.82) is 0 Å². The van der Waals surface area contributed by atoms with Crippen molar-refractivity contribution in [3.05, 3.63) is 117 Å². The fourth-order valence-corrected chi connectivity index (χ4v) is 6.41. The molecule has 3 heterocycles. The minimum absolute atomic E-state index is 0.139. The molecule has 57 heavy (non-hydrogen) atoms. The number of aromatic nitrogens is 5. The van der Waals surface area contributed by atoms with Gasteiger partial charge in [0.1, 0.15) is 41.5 Å². The Hall–Kier alpha value is -6.89. The van der Waals surface area contributed by atoms with E-state index in [0.29, 0.717) is 22.3 Å². The van der Waals surface area contributed by atoms with E-state index in [2.05, 4.69) is 28.6 Å². The first kappa shape index (κ1) is 38.4. The smallest absolute Gasteiger partial charge is 0.446 e. The Morgan fingerprint density at radius 3 is 2.28 bits per heavy atom. The van der Waals surface area contributed by atoms with Gasteiger partial charge in [-0.1, -0.05) is 47.7 Å². The van der Waals surface area contributed by atoms with Gasteiger partial charge in [0.05, 0.1) is 24.2 Å². The molecule has 0 amide bonds.